The van der Waals surface area contributed by atoms with Gasteiger partial charge in [0, 0.05) is 18.7 Å². The number of rotatable bonds is 2. The van der Waals surface area contributed by atoms with Gasteiger partial charge in [-0.3, -0.25) is 15.0 Å². The number of carbonyl (C=O) groups excluding carboxylic acids is 2. The third-order valence-electron chi connectivity index (χ3n) is 2.84. The maximum atomic E-state index is 11.6. The zero-order chi connectivity index (χ0) is 13.8. The van der Waals surface area contributed by atoms with Crippen LogP contribution in [0.5, 0.6) is 5.75 Å². The van der Waals surface area contributed by atoms with Crippen molar-refractivity contribution in [1.29, 1.82) is 0 Å². The van der Waals surface area contributed by atoms with E-state index in [1.54, 1.807) is 0 Å². The zero-order valence-electron chi connectivity index (χ0n) is 10.8. The molecular weight excluding hydrogens is 246 g/mol. The minimum Gasteiger partial charge on any atom is -0.489 e. The maximum Gasteiger partial charge on any atom is 0.318 e. The number of carbonyl (C=O) groups is 2. The first-order chi connectivity index (χ1) is 9.04. The van der Waals surface area contributed by atoms with E-state index in [-0.39, 0.29) is 12.6 Å². The van der Waals surface area contributed by atoms with Crippen molar-refractivity contribution in [3.63, 3.8) is 0 Å². The Kier molecular flexibility index (Phi) is 4.01. The number of benzene rings is 1. The molecule has 0 saturated carbocycles. The molecule has 0 fully saturated rings. The van der Waals surface area contributed by atoms with Gasteiger partial charge in [-0.25, -0.2) is 4.79 Å². The lowest BCUT2D eigenvalue weighted by Crippen LogP contribution is -2.43. The third-order valence-corrected chi connectivity index (χ3v) is 2.84. The molecule has 1 atom stereocenters. The molecule has 1 aromatic rings. The average Bonchev–Trinajstić information content (AvgIpc) is 2.44. The van der Waals surface area contributed by atoms with Crippen molar-refractivity contribution >= 4 is 11.9 Å². The number of nitrogens with zero attached hydrogens (tertiary/aromatic N) is 1. The van der Waals surface area contributed by atoms with Crippen LogP contribution >= 0.6 is 0 Å². The Balaban J connectivity index is 2.07. The van der Waals surface area contributed by atoms with Crippen molar-refractivity contribution in [1.82, 2.24) is 10.2 Å². The number of ether oxygens (including phenoxy) is 1. The Hall–Kier alpha value is -2.08. The van der Waals surface area contributed by atoms with E-state index < -0.39 is 11.9 Å². The maximum absolute atomic E-state index is 11.6. The van der Waals surface area contributed by atoms with Crippen LogP contribution in [0.3, 0.4) is 0 Å². The first-order valence-electron chi connectivity index (χ1n) is 6.11. The number of nitrogens with two attached hydrogens (primary N) is 1. The van der Waals surface area contributed by atoms with Gasteiger partial charge < -0.3 is 10.5 Å². The van der Waals surface area contributed by atoms with Crippen molar-refractivity contribution in [3.05, 3.63) is 29.8 Å². The Morgan fingerprint density at radius 3 is 2.95 bits per heavy atom. The fraction of sp³-hybridized carbons (Fsp3) is 0.385. The van der Waals surface area contributed by atoms with Crippen LogP contribution in [0.2, 0.25) is 0 Å². The van der Waals surface area contributed by atoms with Crippen molar-refractivity contribution in [3.8, 4) is 5.75 Å². The smallest absolute Gasteiger partial charge is 0.318 e. The molecule has 1 aromatic carbocycles. The minimum atomic E-state index is -0.829. The molecule has 19 heavy (non-hydrogen) atoms. The lowest BCUT2D eigenvalue weighted by Gasteiger charge is -2.20. The zero-order valence-corrected chi connectivity index (χ0v) is 10.8. The molecule has 6 heteroatoms. The second kappa shape index (κ2) is 5.71. The van der Waals surface area contributed by atoms with E-state index in [4.69, 9.17) is 10.5 Å². The fourth-order valence-corrected chi connectivity index (χ4v) is 2.17. The Morgan fingerprint density at radius 2 is 2.21 bits per heavy atom. The third kappa shape index (κ3) is 3.69. The van der Waals surface area contributed by atoms with Gasteiger partial charge in [0.2, 0.25) is 5.91 Å². The van der Waals surface area contributed by atoms with Gasteiger partial charge in [0.1, 0.15) is 11.9 Å². The van der Waals surface area contributed by atoms with Gasteiger partial charge in [-0.1, -0.05) is 18.2 Å². The van der Waals surface area contributed by atoms with Gasteiger partial charge in [-0.15, -0.1) is 0 Å². The molecule has 0 aromatic heterocycles. The molecule has 102 valence electrons. The van der Waals surface area contributed by atoms with Gasteiger partial charge >= 0.3 is 6.03 Å². The van der Waals surface area contributed by atoms with Crippen LogP contribution in [0, 0.1) is 0 Å². The molecular formula is C13H17N3O3. The summed E-state index contributed by atoms with van der Waals surface area (Å²) >= 11 is 0. The lowest BCUT2D eigenvalue weighted by atomic mass is 10.2. The molecule has 1 heterocycles. The van der Waals surface area contributed by atoms with E-state index in [9.17, 15) is 9.59 Å². The van der Waals surface area contributed by atoms with Crippen LogP contribution in [0.25, 0.3) is 0 Å². The highest BCUT2D eigenvalue weighted by Gasteiger charge is 2.21. The number of nitrogens with one attached hydrogen (secondary N) is 1. The van der Waals surface area contributed by atoms with Crippen LogP contribution in [-0.2, 0) is 11.3 Å². The van der Waals surface area contributed by atoms with Crippen LogP contribution in [0.15, 0.2) is 24.3 Å². The molecule has 0 aliphatic carbocycles. The summed E-state index contributed by atoms with van der Waals surface area (Å²) in [5, 5.41) is 2.07. The number of hydrogen-bond acceptors (Lipinski definition) is 4. The van der Waals surface area contributed by atoms with E-state index in [0.717, 1.165) is 11.3 Å². The Bertz CT molecular complexity index is 490. The number of hydrogen-bond donors (Lipinski definition) is 2. The quantitative estimate of drug-likeness (QED) is 0.812. The molecule has 6 nitrogen and oxygen atoms in total. The first-order valence-corrected chi connectivity index (χ1v) is 6.11. The molecule has 0 bridgehead atoms. The summed E-state index contributed by atoms with van der Waals surface area (Å²) < 4.78 is 5.78. The Morgan fingerprint density at radius 1 is 1.47 bits per heavy atom. The van der Waals surface area contributed by atoms with E-state index in [1.807, 2.05) is 36.1 Å². The van der Waals surface area contributed by atoms with Crippen molar-refractivity contribution in [2.45, 2.75) is 19.6 Å². The summed E-state index contributed by atoms with van der Waals surface area (Å²) in [7, 11) is 0. The van der Waals surface area contributed by atoms with Crippen molar-refractivity contribution in [2.24, 2.45) is 5.73 Å². The molecule has 0 spiro atoms. The number of amides is 3. The van der Waals surface area contributed by atoms with Gasteiger partial charge in [0.15, 0.2) is 0 Å². The summed E-state index contributed by atoms with van der Waals surface area (Å²) in [4.78, 5) is 24.1. The molecule has 0 saturated heterocycles. The number of urea groups is 1. The summed E-state index contributed by atoms with van der Waals surface area (Å²) in [6, 6.07) is 6.90. The van der Waals surface area contributed by atoms with Crippen molar-refractivity contribution < 1.29 is 14.3 Å². The largest absolute Gasteiger partial charge is 0.489 e. The van der Waals surface area contributed by atoms with E-state index in [2.05, 4.69) is 5.32 Å². The van der Waals surface area contributed by atoms with E-state index >= 15 is 0 Å². The van der Waals surface area contributed by atoms with Crippen molar-refractivity contribution in [2.75, 3.05) is 13.1 Å². The second-order valence-electron chi connectivity index (χ2n) is 4.62. The second-order valence-corrected chi connectivity index (χ2v) is 4.62. The van der Waals surface area contributed by atoms with Crippen LogP contribution in [0.1, 0.15) is 12.5 Å². The number of para-hydroxylation sites is 1. The first kappa shape index (κ1) is 13.4. The fourth-order valence-electron chi connectivity index (χ4n) is 2.17. The molecule has 3 N–H and O–H groups in total. The monoisotopic (exact) mass is 263 g/mol. The topological polar surface area (TPSA) is 84.7 Å². The molecule has 1 unspecified atom stereocenters. The summed E-state index contributed by atoms with van der Waals surface area (Å²) in [6.45, 7) is 3.28. The molecule has 2 rings (SSSR count). The summed E-state index contributed by atoms with van der Waals surface area (Å²) in [5.74, 6) is 0.437. The molecule has 0 radical (unpaired) electrons. The van der Waals surface area contributed by atoms with E-state index in [0.29, 0.717) is 13.1 Å². The van der Waals surface area contributed by atoms with Crippen LogP contribution in [0.4, 0.5) is 4.79 Å². The normalized spacial score (nSPS) is 18.9. The van der Waals surface area contributed by atoms with E-state index in [1.165, 1.54) is 0 Å². The predicted octanol–water partition coefficient (Wildman–Crippen LogP) is 0.464. The highest BCUT2D eigenvalue weighted by molar-refractivity contribution is 5.94. The van der Waals surface area contributed by atoms with Gasteiger partial charge in [-0.2, -0.15) is 0 Å². The summed E-state index contributed by atoms with van der Waals surface area (Å²) in [5.41, 5.74) is 5.95. The SMILES string of the molecule is CC1CN(CC(=O)NC(N)=O)Cc2ccccc2O1. The predicted molar refractivity (Wildman–Crippen MR) is 69.5 cm³/mol. The number of imide groups is 1. The lowest BCUT2D eigenvalue weighted by molar-refractivity contribution is -0.121. The molecule has 3 amide bonds. The minimum absolute atomic E-state index is 0.0231. The van der Waals surface area contributed by atoms with Gasteiger partial charge in [0.25, 0.3) is 0 Å². The standard InChI is InChI=1S/C13H17N3O3/c1-9-6-16(8-12(17)15-13(14)18)7-10-4-2-3-5-11(10)19-9/h2-5,9H,6-8H2,1H3,(H3,14,15,17,18). The molecule has 1 aliphatic heterocycles. The number of fused-ring (bicyclic) bond motifs is 1. The highest BCUT2D eigenvalue weighted by atomic mass is 16.5. The van der Waals surface area contributed by atoms with Gasteiger partial charge in [0.05, 0.1) is 6.54 Å². The summed E-state index contributed by atoms with van der Waals surface area (Å²) in [6.07, 6.45) is -0.0231. The highest BCUT2D eigenvalue weighted by Crippen LogP contribution is 2.24. The average molecular weight is 263 g/mol. The molecule has 1 aliphatic rings. The van der Waals surface area contributed by atoms with Crippen LogP contribution < -0.4 is 15.8 Å². The Labute approximate surface area is 111 Å². The van der Waals surface area contributed by atoms with Gasteiger partial charge in [-0.05, 0) is 13.0 Å². The number of primary amides is 1. The van der Waals surface area contributed by atoms with Crippen LogP contribution in [-0.4, -0.2) is 36.0 Å².